The molecule has 2 atom stereocenters. The molecule has 1 rings (SSSR count). The predicted molar refractivity (Wildman–Crippen MR) is 110 cm³/mol. The number of benzene rings is 1. The van der Waals surface area contributed by atoms with E-state index in [0.29, 0.717) is 5.75 Å². The third-order valence-corrected chi connectivity index (χ3v) is 4.67. The van der Waals surface area contributed by atoms with Crippen LogP contribution in [-0.4, -0.2) is 64.1 Å². The molecule has 0 saturated carbocycles. The quantitative estimate of drug-likeness (QED) is 0.284. The summed E-state index contributed by atoms with van der Waals surface area (Å²) in [7, 11) is 0. The van der Waals surface area contributed by atoms with Gasteiger partial charge in [-0.05, 0) is 12.0 Å². The highest BCUT2D eigenvalue weighted by Crippen LogP contribution is 2.08. The summed E-state index contributed by atoms with van der Waals surface area (Å²) in [6.45, 7) is -0.562. The summed E-state index contributed by atoms with van der Waals surface area (Å²) in [6.07, 6.45) is 3.62. The number of hydrogen-bond acceptors (Lipinski definition) is 6. The van der Waals surface area contributed by atoms with Crippen molar-refractivity contribution in [3.8, 4) is 0 Å². The zero-order valence-electron chi connectivity index (χ0n) is 15.7. The van der Waals surface area contributed by atoms with E-state index in [1.807, 2.05) is 42.5 Å². The zero-order chi connectivity index (χ0) is 21.6. The third-order valence-electron chi connectivity index (χ3n) is 3.67. The number of carboxylic acid groups (broad SMARTS) is 2. The molecule has 0 aromatic heterocycles. The molecule has 0 radical (unpaired) electrons. The SMILES string of the molecule is N[C@@H](CCC(=O)N[C@@H](CSCC=Cc1ccccc1)C(=O)NCC(=O)O)C(=O)O. The lowest BCUT2D eigenvalue weighted by atomic mass is 10.1. The number of amides is 2. The molecule has 29 heavy (non-hydrogen) atoms. The lowest BCUT2D eigenvalue weighted by Gasteiger charge is -2.18. The van der Waals surface area contributed by atoms with Crippen molar-refractivity contribution in [2.24, 2.45) is 5.73 Å². The molecule has 0 aliphatic rings. The van der Waals surface area contributed by atoms with Crippen LogP contribution in [0, 0.1) is 0 Å². The van der Waals surface area contributed by atoms with E-state index in [2.05, 4.69) is 10.6 Å². The van der Waals surface area contributed by atoms with Crippen LogP contribution in [0.3, 0.4) is 0 Å². The first-order valence-corrected chi connectivity index (χ1v) is 10.0. The third kappa shape index (κ3) is 10.9. The first-order chi connectivity index (χ1) is 13.8. The second-order valence-electron chi connectivity index (χ2n) is 6.07. The minimum Gasteiger partial charge on any atom is -0.480 e. The summed E-state index contributed by atoms with van der Waals surface area (Å²) in [5, 5.41) is 22.2. The standard InChI is InChI=1S/C19H25N3O6S/c20-14(19(27)28)8-9-16(23)22-15(18(26)21-11-17(24)25)12-29-10-4-7-13-5-2-1-3-6-13/h1-7,14-15H,8-12,20H2,(H,21,26)(H,22,23)(H,24,25)(H,27,28)/t14-,15-/m0/s1. The summed E-state index contributed by atoms with van der Waals surface area (Å²) in [6, 6.07) is 7.54. The zero-order valence-corrected chi connectivity index (χ0v) is 16.6. The lowest BCUT2D eigenvalue weighted by Crippen LogP contribution is -2.49. The van der Waals surface area contributed by atoms with Gasteiger partial charge in [-0.2, -0.15) is 11.8 Å². The fraction of sp³-hybridized carbons (Fsp3) is 0.368. The Morgan fingerprint density at radius 3 is 2.45 bits per heavy atom. The Morgan fingerprint density at radius 2 is 1.83 bits per heavy atom. The molecule has 10 heteroatoms. The van der Waals surface area contributed by atoms with Crippen LogP contribution in [0.4, 0.5) is 0 Å². The maximum Gasteiger partial charge on any atom is 0.322 e. The smallest absolute Gasteiger partial charge is 0.322 e. The number of hydrogen-bond donors (Lipinski definition) is 5. The van der Waals surface area contributed by atoms with Crippen molar-refractivity contribution < 1.29 is 29.4 Å². The minimum atomic E-state index is -1.21. The average Bonchev–Trinajstić information content (AvgIpc) is 2.69. The molecule has 0 aliphatic heterocycles. The second kappa shape index (κ2) is 13.3. The van der Waals surface area contributed by atoms with E-state index in [-0.39, 0.29) is 18.6 Å². The lowest BCUT2D eigenvalue weighted by molar-refractivity contribution is -0.139. The van der Waals surface area contributed by atoms with Crippen molar-refractivity contribution >= 4 is 41.6 Å². The number of carboxylic acids is 2. The largest absolute Gasteiger partial charge is 0.480 e. The van der Waals surface area contributed by atoms with Crippen LogP contribution >= 0.6 is 11.8 Å². The normalized spacial score (nSPS) is 12.9. The van der Waals surface area contributed by atoms with E-state index in [1.165, 1.54) is 11.8 Å². The number of carbonyl (C=O) groups excluding carboxylic acids is 2. The maximum absolute atomic E-state index is 12.2. The Labute approximate surface area is 172 Å². The van der Waals surface area contributed by atoms with E-state index >= 15 is 0 Å². The van der Waals surface area contributed by atoms with Crippen molar-refractivity contribution in [1.82, 2.24) is 10.6 Å². The Morgan fingerprint density at radius 1 is 1.14 bits per heavy atom. The van der Waals surface area contributed by atoms with Gasteiger partial charge < -0.3 is 26.6 Å². The second-order valence-corrected chi connectivity index (χ2v) is 7.14. The average molecular weight is 423 g/mol. The minimum absolute atomic E-state index is 0.0718. The van der Waals surface area contributed by atoms with Gasteiger partial charge in [0.05, 0.1) is 0 Å². The van der Waals surface area contributed by atoms with Crippen LogP contribution in [-0.2, 0) is 19.2 Å². The molecule has 1 aromatic rings. The maximum atomic E-state index is 12.2. The van der Waals surface area contributed by atoms with Gasteiger partial charge in [-0.1, -0.05) is 42.5 Å². The van der Waals surface area contributed by atoms with Crippen LogP contribution in [0.15, 0.2) is 36.4 Å². The molecule has 0 heterocycles. The molecule has 0 unspecified atom stereocenters. The van der Waals surface area contributed by atoms with Crippen LogP contribution in [0.1, 0.15) is 18.4 Å². The van der Waals surface area contributed by atoms with Crippen LogP contribution in [0.25, 0.3) is 6.08 Å². The van der Waals surface area contributed by atoms with Crippen LogP contribution in [0.5, 0.6) is 0 Å². The molecule has 0 aliphatic carbocycles. The van der Waals surface area contributed by atoms with E-state index in [1.54, 1.807) is 0 Å². The molecule has 6 N–H and O–H groups in total. The van der Waals surface area contributed by atoms with Gasteiger partial charge in [-0.15, -0.1) is 0 Å². The van der Waals surface area contributed by atoms with E-state index in [4.69, 9.17) is 15.9 Å². The van der Waals surface area contributed by atoms with Crippen LogP contribution < -0.4 is 16.4 Å². The van der Waals surface area contributed by atoms with Gasteiger partial charge >= 0.3 is 11.9 Å². The fourth-order valence-corrected chi connectivity index (χ4v) is 2.99. The molecule has 2 amide bonds. The number of nitrogens with one attached hydrogen (secondary N) is 2. The van der Waals surface area contributed by atoms with E-state index in [0.717, 1.165) is 5.56 Å². The number of rotatable bonds is 13. The number of thioether (sulfide) groups is 1. The first-order valence-electron chi connectivity index (χ1n) is 8.86. The number of carbonyl (C=O) groups is 4. The van der Waals surface area contributed by atoms with Crippen molar-refractivity contribution in [2.75, 3.05) is 18.1 Å². The molecule has 0 saturated heterocycles. The highest BCUT2D eigenvalue weighted by molar-refractivity contribution is 7.99. The van der Waals surface area contributed by atoms with E-state index < -0.39 is 42.4 Å². The molecular weight excluding hydrogens is 398 g/mol. The summed E-state index contributed by atoms with van der Waals surface area (Å²) >= 11 is 1.39. The molecular formula is C19H25N3O6S. The first kappa shape index (κ1) is 24.2. The van der Waals surface area contributed by atoms with Crippen molar-refractivity contribution in [1.29, 1.82) is 0 Å². The highest BCUT2D eigenvalue weighted by atomic mass is 32.2. The van der Waals surface area contributed by atoms with Crippen molar-refractivity contribution in [2.45, 2.75) is 24.9 Å². The Hall–Kier alpha value is -2.85. The molecule has 158 valence electrons. The van der Waals surface area contributed by atoms with Crippen LogP contribution in [0.2, 0.25) is 0 Å². The van der Waals surface area contributed by atoms with Gasteiger partial charge in [0.2, 0.25) is 11.8 Å². The van der Waals surface area contributed by atoms with Gasteiger partial charge in [0.25, 0.3) is 0 Å². The molecule has 1 aromatic carbocycles. The van der Waals surface area contributed by atoms with Gasteiger partial charge in [-0.25, -0.2) is 0 Å². The summed E-state index contributed by atoms with van der Waals surface area (Å²) < 4.78 is 0. The molecule has 9 nitrogen and oxygen atoms in total. The Kier molecular flexibility index (Phi) is 11.1. The van der Waals surface area contributed by atoms with E-state index in [9.17, 15) is 19.2 Å². The van der Waals surface area contributed by atoms with Crippen molar-refractivity contribution in [3.05, 3.63) is 42.0 Å². The molecule has 0 fully saturated rings. The number of aliphatic carboxylic acids is 2. The summed E-state index contributed by atoms with van der Waals surface area (Å²) in [5.74, 6) is -2.76. The molecule has 0 bridgehead atoms. The van der Waals surface area contributed by atoms with Gasteiger partial charge in [0.15, 0.2) is 0 Å². The van der Waals surface area contributed by atoms with Crippen molar-refractivity contribution in [3.63, 3.8) is 0 Å². The number of nitrogens with two attached hydrogens (primary N) is 1. The fourth-order valence-electron chi connectivity index (χ4n) is 2.15. The summed E-state index contributed by atoms with van der Waals surface area (Å²) in [4.78, 5) is 45.5. The highest BCUT2D eigenvalue weighted by Gasteiger charge is 2.22. The van der Waals surface area contributed by atoms with Gasteiger partial charge in [0, 0.05) is 17.9 Å². The van der Waals surface area contributed by atoms with Gasteiger partial charge in [-0.3, -0.25) is 19.2 Å². The topological polar surface area (TPSA) is 159 Å². The van der Waals surface area contributed by atoms with Gasteiger partial charge in [0.1, 0.15) is 18.6 Å². The predicted octanol–water partition coefficient (Wildman–Crippen LogP) is 0.311. The monoisotopic (exact) mass is 423 g/mol. The Bertz CT molecular complexity index is 726. The molecule has 0 spiro atoms. The Balaban J connectivity index is 2.54. The summed E-state index contributed by atoms with van der Waals surface area (Å²) in [5.41, 5.74) is 6.40.